The van der Waals surface area contributed by atoms with Crippen molar-refractivity contribution in [1.82, 2.24) is 0 Å². The molecule has 0 aliphatic heterocycles. The van der Waals surface area contributed by atoms with Gasteiger partial charge in [0, 0.05) is 0 Å². The Bertz CT molecular complexity index is 196. The summed E-state index contributed by atoms with van der Waals surface area (Å²) in [5.74, 6) is 0.207. The summed E-state index contributed by atoms with van der Waals surface area (Å²) in [5, 5.41) is 0. The van der Waals surface area contributed by atoms with Crippen molar-refractivity contribution in [2.45, 2.75) is 62.0 Å². The van der Waals surface area contributed by atoms with Gasteiger partial charge in [-0.05, 0) is 12.3 Å². The maximum Gasteiger partial charge on any atom is 0.305 e. The first-order valence-electron chi connectivity index (χ1n) is 6.46. The van der Waals surface area contributed by atoms with Gasteiger partial charge >= 0.3 is 5.97 Å². The van der Waals surface area contributed by atoms with E-state index in [9.17, 15) is 4.79 Å². The molecule has 0 rings (SSSR count). The van der Waals surface area contributed by atoms with Crippen molar-refractivity contribution in [2.24, 2.45) is 5.92 Å². The Morgan fingerprint density at radius 3 is 2.24 bits per heavy atom. The minimum Gasteiger partial charge on any atom is -0.469 e. The number of esters is 1. The van der Waals surface area contributed by atoms with Gasteiger partial charge in [-0.1, -0.05) is 77.3 Å². The zero-order chi connectivity index (χ0) is 13.1. The Kier molecular flexibility index (Phi) is 11.8. The summed E-state index contributed by atoms with van der Waals surface area (Å²) in [7, 11) is 1.45. The zero-order valence-electron chi connectivity index (χ0n) is 10.9. The number of unbranched alkanes of at least 4 members (excludes halogenated alkanes) is 5. The summed E-state index contributed by atoms with van der Waals surface area (Å²) in [6.07, 6.45) is 9.30. The van der Waals surface area contributed by atoms with Crippen LogP contribution in [0, 0.1) is 5.92 Å². The molecular weight excluding hydrogens is 348 g/mol. The van der Waals surface area contributed by atoms with Crippen LogP contribution in [0.3, 0.4) is 0 Å². The van der Waals surface area contributed by atoms with Gasteiger partial charge in [-0.25, -0.2) is 0 Å². The van der Waals surface area contributed by atoms with Crippen LogP contribution >= 0.6 is 31.9 Å². The van der Waals surface area contributed by atoms with Crippen LogP contribution in [0.2, 0.25) is 0 Å². The first-order valence-corrected chi connectivity index (χ1v) is 8.29. The molecule has 0 radical (unpaired) electrons. The number of hydrogen-bond acceptors (Lipinski definition) is 2. The monoisotopic (exact) mass is 370 g/mol. The van der Waals surface area contributed by atoms with Crippen LogP contribution in [0.1, 0.15) is 58.3 Å². The first kappa shape index (κ1) is 17.4. The van der Waals surface area contributed by atoms with Gasteiger partial charge in [0.05, 0.1) is 17.3 Å². The fourth-order valence-electron chi connectivity index (χ4n) is 1.80. The van der Waals surface area contributed by atoms with Crippen molar-refractivity contribution >= 4 is 37.8 Å². The molecule has 102 valence electrons. The number of halogens is 2. The van der Waals surface area contributed by atoms with Crippen molar-refractivity contribution in [3.05, 3.63) is 0 Å². The lowest BCUT2D eigenvalue weighted by atomic mass is 9.99. The van der Waals surface area contributed by atoms with Gasteiger partial charge in [0.2, 0.25) is 0 Å². The predicted octanol–water partition coefficient (Wildman–Crippen LogP) is 5.03. The van der Waals surface area contributed by atoms with Gasteiger partial charge < -0.3 is 4.74 Å². The second-order valence-electron chi connectivity index (χ2n) is 4.43. The van der Waals surface area contributed by atoms with Crippen molar-refractivity contribution in [3.63, 3.8) is 0 Å². The fraction of sp³-hybridized carbons (Fsp3) is 0.923. The summed E-state index contributed by atoms with van der Waals surface area (Å²) in [4.78, 5) is 11.2. The van der Waals surface area contributed by atoms with E-state index in [2.05, 4.69) is 38.8 Å². The van der Waals surface area contributed by atoms with E-state index in [-0.39, 0.29) is 9.71 Å². The van der Waals surface area contributed by atoms with E-state index in [4.69, 9.17) is 4.74 Å². The molecule has 0 aliphatic rings. The second kappa shape index (κ2) is 11.5. The van der Waals surface area contributed by atoms with Crippen LogP contribution in [0.5, 0.6) is 0 Å². The normalized spacial score (nSPS) is 12.8. The van der Waals surface area contributed by atoms with E-state index in [0.717, 1.165) is 6.42 Å². The largest absolute Gasteiger partial charge is 0.469 e. The minimum atomic E-state index is -0.120. The Morgan fingerprint density at radius 1 is 1.12 bits per heavy atom. The van der Waals surface area contributed by atoms with Crippen LogP contribution in [-0.4, -0.2) is 16.8 Å². The molecule has 0 heterocycles. The predicted molar refractivity (Wildman–Crippen MR) is 79.8 cm³/mol. The van der Waals surface area contributed by atoms with Crippen LogP contribution in [0.15, 0.2) is 0 Å². The number of carbonyl (C=O) groups excluding carboxylic acids is 1. The summed E-state index contributed by atoms with van der Waals surface area (Å²) >= 11 is 7.00. The summed E-state index contributed by atoms with van der Waals surface area (Å²) < 4.78 is 4.91. The Hall–Kier alpha value is 0.430. The lowest BCUT2D eigenvalue weighted by Gasteiger charge is -2.16. The molecule has 1 atom stereocenters. The van der Waals surface area contributed by atoms with Crippen LogP contribution < -0.4 is 0 Å². The number of rotatable bonds is 10. The lowest BCUT2D eigenvalue weighted by molar-refractivity contribution is -0.141. The maximum atomic E-state index is 11.2. The summed E-state index contributed by atoms with van der Waals surface area (Å²) in [6, 6.07) is 0. The SMILES string of the molecule is CCCCCCCCC(CC(=O)OC)C(Br)Br. The standard InChI is InChI=1S/C13H24Br2O2/c1-3-4-5-6-7-8-9-11(13(14)15)10-12(16)17-2/h11,13H,3-10H2,1-2H3. The van der Waals surface area contributed by atoms with Gasteiger partial charge in [-0.15, -0.1) is 0 Å². The Balaban J connectivity index is 3.67. The average Bonchev–Trinajstić information content (AvgIpc) is 2.31. The van der Waals surface area contributed by atoms with Crippen LogP contribution in [0.4, 0.5) is 0 Å². The quantitative estimate of drug-likeness (QED) is 0.305. The van der Waals surface area contributed by atoms with Crippen molar-refractivity contribution in [3.8, 4) is 0 Å². The molecule has 0 amide bonds. The highest BCUT2D eigenvalue weighted by Crippen LogP contribution is 2.28. The van der Waals surface area contributed by atoms with E-state index in [1.54, 1.807) is 0 Å². The maximum absolute atomic E-state index is 11.2. The lowest BCUT2D eigenvalue weighted by Crippen LogP contribution is -2.15. The number of methoxy groups -OCH3 is 1. The van der Waals surface area contributed by atoms with Gasteiger partial charge in [0.1, 0.15) is 0 Å². The molecule has 0 aliphatic carbocycles. The third kappa shape index (κ3) is 10.1. The van der Waals surface area contributed by atoms with E-state index in [1.165, 1.54) is 45.6 Å². The van der Waals surface area contributed by atoms with Gasteiger partial charge in [0.15, 0.2) is 0 Å². The van der Waals surface area contributed by atoms with Crippen LogP contribution in [-0.2, 0) is 9.53 Å². The second-order valence-corrected chi connectivity index (χ2v) is 7.63. The van der Waals surface area contributed by atoms with Crippen molar-refractivity contribution in [1.29, 1.82) is 0 Å². The zero-order valence-corrected chi connectivity index (χ0v) is 14.1. The van der Waals surface area contributed by atoms with Gasteiger partial charge in [-0.2, -0.15) is 0 Å². The molecule has 0 saturated heterocycles. The topological polar surface area (TPSA) is 26.3 Å². The molecule has 0 aromatic carbocycles. The number of hydrogen-bond donors (Lipinski definition) is 0. The molecule has 0 fully saturated rings. The molecule has 0 aromatic heterocycles. The van der Waals surface area contributed by atoms with Crippen molar-refractivity contribution < 1.29 is 9.53 Å². The molecule has 1 unspecified atom stereocenters. The highest BCUT2D eigenvalue weighted by atomic mass is 79.9. The Morgan fingerprint density at radius 2 is 1.71 bits per heavy atom. The Labute approximate surface area is 122 Å². The summed E-state index contributed by atoms with van der Waals surface area (Å²) in [5.41, 5.74) is 0. The van der Waals surface area contributed by atoms with E-state index < -0.39 is 0 Å². The molecule has 2 nitrogen and oxygen atoms in total. The first-order chi connectivity index (χ1) is 8.11. The molecule has 0 bridgehead atoms. The third-order valence-corrected chi connectivity index (χ3v) is 4.44. The molecule has 0 saturated carbocycles. The summed E-state index contributed by atoms with van der Waals surface area (Å²) in [6.45, 7) is 2.23. The van der Waals surface area contributed by atoms with E-state index >= 15 is 0 Å². The average molecular weight is 372 g/mol. The molecule has 17 heavy (non-hydrogen) atoms. The van der Waals surface area contributed by atoms with Gasteiger partial charge in [0.25, 0.3) is 0 Å². The number of alkyl halides is 2. The van der Waals surface area contributed by atoms with E-state index in [1.807, 2.05) is 0 Å². The minimum absolute atomic E-state index is 0.120. The highest BCUT2D eigenvalue weighted by Gasteiger charge is 2.19. The molecule has 0 N–H and O–H groups in total. The number of carbonyl (C=O) groups is 1. The van der Waals surface area contributed by atoms with Crippen molar-refractivity contribution in [2.75, 3.05) is 7.11 Å². The smallest absolute Gasteiger partial charge is 0.305 e. The van der Waals surface area contributed by atoms with Crippen LogP contribution in [0.25, 0.3) is 0 Å². The fourth-order valence-corrected chi connectivity index (χ4v) is 2.70. The molecular formula is C13H24Br2O2. The highest BCUT2D eigenvalue weighted by molar-refractivity contribution is 9.24. The third-order valence-electron chi connectivity index (χ3n) is 2.94. The molecule has 0 aromatic rings. The van der Waals surface area contributed by atoms with Gasteiger partial charge in [-0.3, -0.25) is 4.79 Å². The molecule has 0 spiro atoms. The molecule has 4 heteroatoms. The number of ether oxygens (including phenoxy) is 1. The van der Waals surface area contributed by atoms with E-state index in [0.29, 0.717) is 12.3 Å².